The molecule has 0 bridgehead atoms. The lowest BCUT2D eigenvalue weighted by molar-refractivity contribution is -0.0499. The molecule has 100 valence electrons. The molecular weight excluding hydrogens is 252 g/mol. The van der Waals surface area contributed by atoms with Gasteiger partial charge in [0, 0.05) is 11.3 Å². The molecule has 1 heterocycles. The first-order chi connectivity index (χ1) is 9.16. The smallest absolute Gasteiger partial charge is 0.387 e. The van der Waals surface area contributed by atoms with Crippen LogP contribution >= 0.6 is 0 Å². The molecule has 1 aromatic heterocycles. The highest BCUT2D eigenvalue weighted by atomic mass is 19.3. The van der Waals surface area contributed by atoms with Crippen LogP contribution in [0.5, 0.6) is 5.75 Å². The number of hydrogen-bond acceptors (Lipinski definition) is 3. The third-order valence-corrected chi connectivity index (χ3v) is 3.27. The zero-order valence-corrected chi connectivity index (χ0v) is 10.1. The lowest BCUT2D eigenvalue weighted by Gasteiger charge is -2.12. The summed E-state index contributed by atoms with van der Waals surface area (Å²) in [6, 6.07) is 6.60. The fraction of sp³-hybridized carbons (Fsp3) is 0.308. The molecule has 19 heavy (non-hydrogen) atoms. The average molecular weight is 265 g/mol. The van der Waals surface area contributed by atoms with Crippen molar-refractivity contribution in [2.75, 3.05) is 5.73 Å². The lowest BCUT2D eigenvalue weighted by Crippen LogP contribution is -2.08. The van der Waals surface area contributed by atoms with Gasteiger partial charge in [-0.05, 0) is 31.4 Å². The molecule has 3 rings (SSSR count). The highest BCUT2D eigenvalue weighted by Gasteiger charge is 2.23. The van der Waals surface area contributed by atoms with E-state index in [1.165, 1.54) is 6.07 Å². The fourth-order valence-corrected chi connectivity index (χ4v) is 2.49. The quantitative estimate of drug-likeness (QED) is 0.927. The Labute approximate surface area is 108 Å². The van der Waals surface area contributed by atoms with Gasteiger partial charge < -0.3 is 10.5 Å². The SMILES string of the molecule is Nc1nn(-c2ccccc2OC(F)F)c2c1CCC2. The van der Waals surface area contributed by atoms with Gasteiger partial charge in [0.15, 0.2) is 5.75 Å². The zero-order valence-electron chi connectivity index (χ0n) is 10.1. The van der Waals surface area contributed by atoms with Gasteiger partial charge in [-0.25, -0.2) is 4.68 Å². The van der Waals surface area contributed by atoms with Crippen LogP contribution < -0.4 is 10.5 Å². The number of ether oxygens (including phenoxy) is 1. The molecule has 0 saturated carbocycles. The van der Waals surface area contributed by atoms with Gasteiger partial charge in [0.1, 0.15) is 11.5 Å². The Balaban J connectivity index is 2.10. The van der Waals surface area contributed by atoms with E-state index in [1.54, 1.807) is 22.9 Å². The van der Waals surface area contributed by atoms with Crippen molar-refractivity contribution in [3.63, 3.8) is 0 Å². The van der Waals surface area contributed by atoms with E-state index in [9.17, 15) is 8.78 Å². The molecule has 2 aromatic rings. The van der Waals surface area contributed by atoms with Crippen molar-refractivity contribution in [1.29, 1.82) is 0 Å². The van der Waals surface area contributed by atoms with Gasteiger partial charge in [-0.1, -0.05) is 12.1 Å². The van der Waals surface area contributed by atoms with E-state index in [-0.39, 0.29) is 5.75 Å². The molecule has 1 aromatic carbocycles. The molecule has 0 fully saturated rings. The van der Waals surface area contributed by atoms with Crippen LogP contribution in [0.3, 0.4) is 0 Å². The lowest BCUT2D eigenvalue weighted by atomic mass is 10.2. The van der Waals surface area contributed by atoms with E-state index in [2.05, 4.69) is 9.84 Å². The standard InChI is InChI=1S/C13H13F2N3O/c14-13(15)19-11-7-2-1-5-10(11)18-9-6-3-4-8(9)12(16)17-18/h1-2,5,7,13H,3-4,6H2,(H2,16,17). The van der Waals surface area contributed by atoms with Crippen molar-refractivity contribution in [1.82, 2.24) is 9.78 Å². The Hall–Kier alpha value is -2.11. The van der Waals surface area contributed by atoms with Gasteiger partial charge in [0.2, 0.25) is 0 Å². The summed E-state index contributed by atoms with van der Waals surface area (Å²) in [4.78, 5) is 0. The van der Waals surface area contributed by atoms with Crippen molar-refractivity contribution < 1.29 is 13.5 Å². The molecule has 0 radical (unpaired) electrons. The minimum atomic E-state index is -2.86. The van der Waals surface area contributed by atoms with Crippen molar-refractivity contribution >= 4 is 5.82 Å². The number of para-hydroxylation sites is 2. The largest absolute Gasteiger partial charge is 0.433 e. The summed E-state index contributed by atoms with van der Waals surface area (Å²) >= 11 is 0. The van der Waals surface area contributed by atoms with E-state index >= 15 is 0 Å². The Kier molecular flexibility index (Phi) is 2.85. The van der Waals surface area contributed by atoms with Crippen molar-refractivity contribution in [2.24, 2.45) is 0 Å². The topological polar surface area (TPSA) is 53.1 Å². The first-order valence-corrected chi connectivity index (χ1v) is 6.07. The number of alkyl halides is 2. The maximum absolute atomic E-state index is 12.4. The van der Waals surface area contributed by atoms with Crippen LogP contribution in [0.25, 0.3) is 5.69 Å². The molecule has 1 aliphatic carbocycles. The summed E-state index contributed by atoms with van der Waals surface area (Å²) in [7, 11) is 0. The summed E-state index contributed by atoms with van der Waals surface area (Å²) in [6.45, 7) is -2.86. The summed E-state index contributed by atoms with van der Waals surface area (Å²) < 4.78 is 31.0. The van der Waals surface area contributed by atoms with Crippen LogP contribution in [0.1, 0.15) is 17.7 Å². The van der Waals surface area contributed by atoms with E-state index in [0.29, 0.717) is 11.5 Å². The highest BCUT2D eigenvalue weighted by Crippen LogP contribution is 2.32. The van der Waals surface area contributed by atoms with Crippen molar-refractivity contribution in [3.05, 3.63) is 35.5 Å². The number of hydrogen-bond donors (Lipinski definition) is 1. The number of halogens is 2. The predicted molar refractivity (Wildman–Crippen MR) is 66.6 cm³/mol. The molecule has 1 aliphatic rings. The number of rotatable bonds is 3. The molecule has 2 N–H and O–H groups in total. The van der Waals surface area contributed by atoms with Gasteiger partial charge >= 0.3 is 6.61 Å². The highest BCUT2D eigenvalue weighted by molar-refractivity contribution is 5.53. The third-order valence-electron chi connectivity index (χ3n) is 3.27. The van der Waals surface area contributed by atoms with Crippen molar-refractivity contribution in [3.8, 4) is 11.4 Å². The number of nitrogens with zero attached hydrogens (tertiary/aromatic N) is 2. The first-order valence-electron chi connectivity index (χ1n) is 6.07. The molecule has 0 atom stereocenters. The average Bonchev–Trinajstić information content (AvgIpc) is 2.94. The number of anilines is 1. The number of benzene rings is 1. The van der Waals surface area contributed by atoms with Crippen LogP contribution in [-0.4, -0.2) is 16.4 Å². The van der Waals surface area contributed by atoms with Gasteiger partial charge in [-0.2, -0.15) is 13.9 Å². The summed E-state index contributed by atoms with van der Waals surface area (Å²) in [5.41, 5.74) is 8.37. The van der Waals surface area contributed by atoms with E-state index in [1.807, 2.05) is 0 Å². The molecule has 0 aliphatic heterocycles. The summed E-state index contributed by atoms with van der Waals surface area (Å²) in [5.74, 6) is 0.578. The normalized spacial score (nSPS) is 13.8. The monoisotopic (exact) mass is 265 g/mol. The number of fused-ring (bicyclic) bond motifs is 1. The van der Waals surface area contributed by atoms with E-state index in [0.717, 1.165) is 30.5 Å². The Bertz CT molecular complexity index is 610. The Morgan fingerprint density at radius 3 is 2.84 bits per heavy atom. The molecule has 0 spiro atoms. The third kappa shape index (κ3) is 2.03. The van der Waals surface area contributed by atoms with Gasteiger partial charge in [-0.15, -0.1) is 0 Å². The molecule has 0 unspecified atom stereocenters. The van der Waals surface area contributed by atoms with Crippen molar-refractivity contribution in [2.45, 2.75) is 25.9 Å². The van der Waals surface area contributed by atoms with Crippen LogP contribution in [0.4, 0.5) is 14.6 Å². The van der Waals surface area contributed by atoms with Crippen LogP contribution in [0.2, 0.25) is 0 Å². The fourth-order valence-electron chi connectivity index (χ4n) is 2.49. The van der Waals surface area contributed by atoms with E-state index in [4.69, 9.17) is 5.73 Å². The summed E-state index contributed by atoms with van der Waals surface area (Å²) in [6.07, 6.45) is 2.75. The second-order valence-corrected chi connectivity index (χ2v) is 4.42. The molecule has 0 amide bonds. The van der Waals surface area contributed by atoms with Gasteiger partial charge in [-0.3, -0.25) is 0 Å². The molecular formula is C13H13F2N3O. The molecule has 0 saturated heterocycles. The summed E-state index contributed by atoms with van der Waals surface area (Å²) in [5, 5.41) is 4.24. The number of aromatic nitrogens is 2. The number of nitrogen functional groups attached to an aromatic ring is 1. The van der Waals surface area contributed by atoms with Gasteiger partial charge in [0.25, 0.3) is 0 Å². The van der Waals surface area contributed by atoms with Crippen LogP contribution in [0.15, 0.2) is 24.3 Å². The Morgan fingerprint density at radius 2 is 2.05 bits per heavy atom. The maximum atomic E-state index is 12.4. The second-order valence-electron chi connectivity index (χ2n) is 4.42. The minimum absolute atomic E-state index is 0.106. The van der Waals surface area contributed by atoms with Crippen LogP contribution in [0, 0.1) is 0 Å². The predicted octanol–water partition coefficient (Wildman–Crippen LogP) is 2.54. The number of nitrogens with two attached hydrogens (primary N) is 1. The zero-order chi connectivity index (χ0) is 13.4. The minimum Gasteiger partial charge on any atom is -0.433 e. The van der Waals surface area contributed by atoms with Gasteiger partial charge in [0.05, 0.1) is 0 Å². The van der Waals surface area contributed by atoms with E-state index < -0.39 is 6.61 Å². The second kappa shape index (κ2) is 4.53. The molecule has 6 heteroatoms. The Morgan fingerprint density at radius 1 is 1.26 bits per heavy atom. The molecule has 4 nitrogen and oxygen atoms in total. The first kappa shape index (κ1) is 12.0. The maximum Gasteiger partial charge on any atom is 0.387 e. The van der Waals surface area contributed by atoms with Crippen LogP contribution in [-0.2, 0) is 12.8 Å².